The van der Waals surface area contributed by atoms with Gasteiger partial charge in [-0.25, -0.2) is 0 Å². The van der Waals surface area contributed by atoms with Gasteiger partial charge in [-0.15, -0.1) is 0 Å². The summed E-state index contributed by atoms with van der Waals surface area (Å²) in [4.78, 5) is 10.7. The van der Waals surface area contributed by atoms with Crippen molar-refractivity contribution in [3.05, 3.63) is 76.4 Å². The van der Waals surface area contributed by atoms with Crippen LogP contribution in [0.3, 0.4) is 0 Å². The third-order valence-electron chi connectivity index (χ3n) is 6.58. The van der Waals surface area contributed by atoms with Gasteiger partial charge < -0.3 is 10.4 Å². The molecule has 0 saturated carbocycles. The minimum atomic E-state index is -0.699. The summed E-state index contributed by atoms with van der Waals surface area (Å²) < 4.78 is 0. The lowest BCUT2D eigenvalue weighted by atomic mass is 9.91. The van der Waals surface area contributed by atoms with E-state index in [1.807, 2.05) is 27.7 Å². The molecule has 2 aromatic carbocycles. The van der Waals surface area contributed by atoms with E-state index < -0.39 is 5.97 Å². The van der Waals surface area contributed by atoms with Gasteiger partial charge in [0.05, 0.1) is 0 Å². The normalized spacial score (nSPS) is 14.3. The molecule has 1 atom stereocenters. The first-order valence-electron chi connectivity index (χ1n) is 13.9. The summed E-state index contributed by atoms with van der Waals surface area (Å²) in [7, 11) is 0. The summed E-state index contributed by atoms with van der Waals surface area (Å²) in [5.74, 6) is -0.122. The molecule has 1 aliphatic heterocycles. The van der Waals surface area contributed by atoms with Crippen molar-refractivity contribution in [1.29, 1.82) is 0 Å². The highest BCUT2D eigenvalue weighted by atomic mass is 16.4. The number of rotatable bonds is 9. The lowest BCUT2D eigenvalue weighted by Gasteiger charge is -2.17. The maximum atomic E-state index is 10.7. The number of aryl methyl sites for hydroxylation is 4. The Labute approximate surface area is 220 Å². The average molecular weight is 492 g/mol. The fourth-order valence-corrected chi connectivity index (χ4v) is 4.45. The first-order chi connectivity index (χ1) is 17.4. The number of carboxylic acids is 1. The molecular weight excluding hydrogens is 442 g/mol. The second-order valence-electron chi connectivity index (χ2n) is 9.09. The molecule has 1 unspecified atom stereocenters. The summed E-state index contributed by atoms with van der Waals surface area (Å²) >= 11 is 0. The van der Waals surface area contributed by atoms with E-state index in [0.717, 1.165) is 38.6 Å². The van der Waals surface area contributed by atoms with E-state index in [1.165, 1.54) is 44.6 Å². The molecule has 36 heavy (non-hydrogen) atoms. The Morgan fingerprint density at radius 2 is 1.64 bits per heavy atom. The van der Waals surface area contributed by atoms with E-state index in [9.17, 15) is 4.79 Å². The first kappa shape index (κ1) is 31.2. The topological polar surface area (TPSA) is 49.3 Å². The SMILES string of the molecule is CC.CC.CCC1C=CC=C(c2cc(-c3cc(C)c(CCCCCC(=O)O)cc3C)ccc2C)NC1. The van der Waals surface area contributed by atoms with Gasteiger partial charge in [0.25, 0.3) is 0 Å². The number of carboxylic acid groups (broad SMARTS) is 1. The van der Waals surface area contributed by atoms with Gasteiger partial charge in [-0.3, -0.25) is 4.79 Å². The maximum absolute atomic E-state index is 10.7. The van der Waals surface area contributed by atoms with Crippen LogP contribution in [-0.4, -0.2) is 17.6 Å². The van der Waals surface area contributed by atoms with Crippen LogP contribution in [0.15, 0.2) is 48.6 Å². The molecule has 3 heteroatoms. The Kier molecular flexibility index (Phi) is 14.6. The average Bonchev–Trinajstić information content (AvgIpc) is 3.14. The fourth-order valence-electron chi connectivity index (χ4n) is 4.45. The Bertz CT molecular complexity index is 1020. The van der Waals surface area contributed by atoms with E-state index in [-0.39, 0.29) is 6.42 Å². The highest BCUT2D eigenvalue weighted by Gasteiger charge is 2.13. The van der Waals surface area contributed by atoms with Crippen LogP contribution in [-0.2, 0) is 11.2 Å². The van der Waals surface area contributed by atoms with Gasteiger partial charge in [0.15, 0.2) is 0 Å². The van der Waals surface area contributed by atoms with Gasteiger partial charge in [-0.1, -0.05) is 77.5 Å². The van der Waals surface area contributed by atoms with Gasteiger partial charge >= 0.3 is 5.97 Å². The van der Waals surface area contributed by atoms with Crippen molar-refractivity contribution in [2.45, 2.75) is 93.9 Å². The van der Waals surface area contributed by atoms with Gasteiger partial charge in [0, 0.05) is 24.2 Å². The van der Waals surface area contributed by atoms with Gasteiger partial charge in [-0.05, 0) is 97.9 Å². The van der Waals surface area contributed by atoms with E-state index in [4.69, 9.17) is 5.11 Å². The maximum Gasteiger partial charge on any atom is 0.303 e. The van der Waals surface area contributed by atoms with Crippen LogP contribution < -0.4 is 5.32 Å². The number of aliphatic carboxylic acids is 1. The zero-order chi connectivity index (χ0) is 27.1. The van der Waals surface area contributed by atoms with Crippen LogP contribution in [0.25, 0.3) is 16.8 Å². The van der Waals surface area contributed by atoms with Crippen molar-refractivity contribution in [2.24, 2.45) is 5.92 Å². The molecule has 0 amide bonds. The van der Waals surface area contributed by atoms with Crippen molar-refractivity contribution >= 4 is 11.7 Å². The molecule has 0 radical (unpaired) electrons. The third kappa shape index (κ3) is 9.33. The monoisotopic (exact) mass is 491 g/mol. The predicted octanol–water partition coefficient (Wildman–Crippen LogP) is 9.05. The Morgan fingerprint density at radius 3 is 2.31 bits per heavy atom. The number of hydrogen-bond acceptors (Lipinski definition) is 2. The second kappa shape index (κ2) is 16.8. The highest BCUT2D eigenvalue weighted by molar-refractivity contribution is 5.76. The number of allylic oxidation sites excluding steroid dienone is 2. The molecule has 3 nitrogen and oxygen atoms in total. The van der Waals surface area contributed by atoms with Crippen LogP contribution in [0.5, 0.6) is 0 Å². The van der Waals surface area contributed by atoms with Crippen molar-refractivity contribution < 1.29 is 9.90 Å². The van der Waals surface area contributed by atoms with Gasteiger partial charge in [0.2, 0.25) is 0 Å². The molecule has 2 aromatic rings. The molecule has 0 aliphatic carbocycles. The molecule has 0 aromatic heterocycles. The third-order valence-corrected chi connectivity index (χ3v) is 6.58. The summed E-state index contributed by atoms with van der Waals surface area (Å²) in [5, 5.41) is 12.5. The van der Waals surface area contributed by atoms with E-state index >= 15 is 0 Å². The minimum Gasteiger partial charge on any atom is -0.481 e. The van der Waals surface area contributed by atoms with Gasteiger partial charge in [0.1, 0.15) is 0 Å². The zero-order valence-electron chi connectivity index (χ0n) is 24.0. The van der Waals surface area contributed by atoms with Crippen LogP contribution in [0.4, 0.5) is 0 Å². The molecule has 2 N–H and O–H groups in total. The number of benzene rings is 2. The molecule has 0 spiro atoms. The summed E-state index contributed by atoms with van der Waals surface area (Å²) in [6, 6.07) is 11.4. The smallest absolute Gasteiger partial charge is 0.303 e. The molecule has 3 rings (SSSR count). The predicted molar refractivity (Wildman–Crippen MR) is 157 cm³/mol. The van der Waals surface area contributed by atoms with Crippen LogP contribution in [0.1, 0.15) is 94.5 Å². The molecule has 1 heterocycles. The van der Waals surface area contributed by atoms with Crippen LogP contribution in [0.2, 0.25) is 0 Å². The van der Waals surface area contributed by atoms with Crippen LogP contribution >= 0.6 is 0 Å². The zero-order valence-corrected chi connectivity index (χ0v) is 24.0. The largest absolute Gasteiger partial charge is 0.481 e. The molecule has 1 aliphatic rings. The van der Waals surface area contributed by atoms with Crippen molar-refractivity contribution in [1.82, 2.24) is 5.32 Å². The summed E-state index contributed by atoms with van der Waals surface area (Å²) in [6.07, 6.45) is 11.9. The van der Waals surface area contributed by atoms with E-state index in [1.54, 1.807) is 0 Å². The highest BCUT2D eigenvalue weighted by Crippen LogP contribution is 2.31. The number of hydrogen-bond donors (Lipinski definition) is 2. The number of unbranched alkanes of at least 4 members (excludes halogenated alkanes) is 2. The van der Waals surface area contributed by atoms with E-state index in [0.29, 0.717) is 5.92 Å². The summed E-state index contributed by atoms with van der Waals surface area (Å²) in [6.45, 7) is 17.8. The summed E-state index contributed by atoms with van der Waals surface area (Å²) in [5.41, 5.74) is 10.3. The first-order valence-corrected chi connectivity index (χ1v) is 13.9. The lowest BCUT2D eigenvalue weighted by Crippen LogP contribution is -2.19. The standard InChI is InChI=1S/C29H37NO2.2C2H6/c1-5-23-10-9-12-28(30-19-23)27-18-25(15-14-20(27)2)26-17-21(3)24(16-22(26)4)11-7-6-8-13-29(31)32;2*1-2/h9-10,12,14-18,23,30H,5-8,11,13,19H2,1-4H3,(H,31,32);2*1-2H3. The van der Waals surface area contributed by atoms with Crippen molar-refractivity contribution in [2.75, 3.05) is 6.54 Å². The number of nitrogens with one attached hydrogen (secondary N) is 1. The quantitative estimate of drug-likeness (QED) is 0.344. The Balaban J connectivity index is 0.00000154. The minimum absolute atomic E-state index is 0.271. The van der Waals surface area contributed by atoms with Crippen molar-refractivity contribution in [3.8, 4) is 11.1 Å². The van der Waals surface area contributed by atoms with Crippen molar-refractivity contribution in [3.63, 3.8) is 0 Å². The molecule has 198 valence electrons. The second-order valence-corrected chi connectivity index (χ2v) is 9.09. The van der Waals surface area contributed by atoms with E-state index in [2.05, 4.69) is 81.6 Å². The number of carbonyl (C=O) groups is 1. The molecule has 0 saturated heterocycles. The van der Waals surface area contributed by atoms with Crippen LogP contribution in [0, 0.1) is 26.7 Å². The molecule has 0 fully saturated rings. The Hall–Kier alpha value is -2.81. The lowest BCUT2D eigenvalue weighted by molar-refractivity contribution is -0.137. The fraction of sp³-hybridized carbons (Fsp3) is 0.485. The Morgan fingerprint density at radius 1 is 0.917 bits per heavy atom. The van der Waals surface area contributed by atoms with Gasteiger partial charge in [-0.2, -0.15) is 0 Å². The molecular formula is C33H49NO2. The molecule has 0 bridgehead atoms.